The summed E-state index contributed by atoms with van der Waals surface area (Å²) in [5, 5.41) is 7.40. The highest BCUT2D eigenvalue weighted by Crippen LogP contribution is 2.15. The highest BCUT2D eigenvalue weighted by molar-refractivity contribution is 5.73. The summed E-state index contributed by atoms with van der Waals surface area (Å²) in [6.45, 7) is 5.92. The fraction of sp³-hybridized carbons (Fsp3) is 0.533. The number of carbonyl (C=O) groups is 1. The van der Waals surface area contributed by atoms with Crippen LogP contribution in [0.25, 0.3) is 0 Å². The van der Waals surface area contributed by atoms with Gasteiger partial charge in [0, 0.05) is 39.1 Å². The highest BCUT2D eigenvalue weighted by atomic mass is 16.2. The Balaban J connectivity index is 1.59. The first-order chi connectivity index (χ1) is 11.0. The van der Waals surface area contributed by atoms with Crippen molar-refractivity contribution >= 4 is 6.03 Å². The quantitative estimate of drug-likeness (QED) is 0.870. The molecule has 0 bridgehead atoms. The lowest BCUT2D eigenvalue weighted by Gasteiger charge is -2.26. The summed E-state index contributed by atoms with van der Waals surface area (Å²) in [6, 6.07) is 1.96. The van der Waals surface area contributed by atoms with Gasteiger partial charge in [-0.25, -0.2) is 9.78 Å². The molecular weight excluding hydrogens is 294 g/mol. The summed E-state index contributed by atoms with van der Waals surface area (Å²) in [7, 11) is 3.45. The fourth-order valence-electron chi connectivity index (χ4n) is 2.68. The molecule has 2 aromatic heterocycles. The van der Waals surface area contributed by atoms with Crippen LogP contribution in [0.2, 0.25) is 0 Å². The van der Waals surface area contributed by atoms with Crippen LogP contribution in [0.4, 0.5) is 4.79 Å². The number of fused-ring (bicyclic) bond motifs is 1. The van der Waals surface area contributed by atoms with Crippen molar-refractivity contribution in [2.45, 2.75) is 33.1 Å². The van der Waals surface area contributed by atoms with Crippen LogP contribution >= 0.6 is 0 Å². The summed E-state index contributed by atoms with van der Waals surface area (Å²) in [5.74, 6) is 0.994. The van der Waals surface area contributed by atoms with Crippen molar-refractivity contribution in [3.63, 3.8) is 0 Å². The van der Waals surface area contributed by atoms with Gasteiger partial charge in [-0.3, -0.25) is 9.58 Å². The van der Waals surface area contributed by atoms with E-state index in [1.165, 1.54) is 10.6 Å². The number of rotatable bonds is 4. The molecular formula is C15H23N7O. The van der Waals surface area contributed by atoms with Crippen molar-refractivity contribution in [2.24, 2.45) is 0 Å². The molecule has 0 saturated carbocycles. The summed E-state index contributed by atoms with van der Waals surface area (Å²) in [6.07, 6.45) is 1.86. The van der Waals surface area contributed by atoms with Crippen LogP contribution in [0.1, 0.15) is 22.9 Å². The maximum atomic E-state index is 11.6. The van der Waals surface area contributed by atoms with Crippen molar-refractivity contribution in [2.75, 3.05) is 20.6 Å². The average Bonchev–Trinajstić information content (AvgIpc) is 3.10. The van der Waals surface area contributed by atoms with E-state index in [4.69, 9.17) is 0 Å². The number of hydrogen-bond acceptors (Lipinski definition) is 4. The molecule has 2 N–H and O–H groups in total. The Kier molecular flexibility index (Phi) is 4.33. The number of H-pyrrole nitrogens is 1. The van der Waals surface area contributed by atoms with Gasteiger partial charge < -0.3 is 15.2 Å². The average molecular weight is 317 g/mol. The zero-order valence-electron chi connectivity index (χ0n) is 13.8. The molecule has 0 aromatic carbocycles. The van der Waals surface area contributed by atoms with Crippen LogP contribution in [0.5, 0.6) is 0 Å². The number of nitrogens with one attached hydrogen (secondary N) is 2. The topological polar surface area (TPSA) is 82.1 Å². The molecule has 23 heavy (non-hydrogen) atoms. The molecule has 1 aliphatic rings. The molecule has 8 heteroatoms. The molecule has 2 aromatic rings. The van der Waals surface area contributed by atoms with Crippen molar-refractivity contribution in [1.29, 1.82) is 0 Å². The van der Waals surface area contributed by atoms with E-state index in [0.29, 0.717) is 6.54 Å². The fourth-order valence-corrected chi connectivity index (χ4v) is 2.68. The number of hydrogen-bond donors (Lipinski definition) is 2. The first-order valence-corrected chi connectivity index (χ1v) is 7.75. The third-order valence-corrected chi connectivity index (χ3v) is 3.88. The molecule has 0 fully saturated rings. The first kappa shape index (κ1) is 15.5. The monoisotopic (exact) mass is 317 g/mol. The lowest BCUT2D eigenvalue weighted by Crippen LogP contribution is -2.34. The van der Waals surface area contributed by atoms with Gasteiger partial charge in [0.25, 0.3) is 0 Å². The van der Waals surface area contributed by atoms with E-state index < -0.39 is 0 Å². The maximum absolute atomic E-state index is 11.6. The molecule has 0 saturated heterocycles. The Morgan fingerprint density at radius 3 is 2.96 bits per heavy atom. The number of aromatic amines is 1. The number of aryl methyl sites for hydroxylation is 1. The number of aromatic nitrogens is 4. The van der Waals surface area contributed by atoms with Crippen molar-refractivity contribution in [3.05, 3.63) is 35.2 Å². The van der Waals surface area contributed by atoms with Crippen LogP contribution in [-0.4, -0.2) is 56.2 Å². The van der Waals surface area contributed by atoms with Gasteiger partial charge in [0.05, 0.1) is 31.0 Å². The van der Waals surface area contributed by atoms with Gasteiger partial charge in [-0.15, -0.1) is 0 Å². The minimum atomic E-state index is -0.106. The molecule has 0 unspecified atom stereocenters. The molecule has 0 spiro atoms. The zero-order valence-corrected chi connectivity index (χ0v) is 13.8. The summed E-state index contributed by atoms with van der Waals surface area (Å²) < 4.78 is 2.03. The maximum Gasteiger partial charge on any atom is 0.317 e. The Labute approximate surface area is 135 Å². The van der Waals surface area contributed by atoms with Crippen LogP contribution in [-0.2, 0) is 26.2 Å². The minimum absolute atomic E-state index is 0.106. The largest absolute Gasteiger partial charge is 0.345 e. The SMILES string of the molecule is Cc1cnc(CN2CCn3nc(CNC(=O)N(C)C)cc3C2)[nH]1. The summed E-state index contributed by atoms with van der Waals surface area (Å²) in [5.41, 5.74) is 3.15. The van der Waals surface area contributed by atoms with Gasteiger partial charge in [-0.1, -0.05) is 0 Å². The van der Waals surface area contributed by atoms with Gasteiger partial charge in [0.15, 0.2) is 0 Å². The Morgan fingerprint density at radius 1 is 1.43 bits per heavy atom. The van der Waals surface area contributed by atoms with E-state index >= 15 is 0 Å². The van der Waals surface area contributed by atoms with Crippen molar-refractivity contribution in [3.8, 4) is 0 Å². The molecule has 0 atom stereocenters. The predicted molar refractivity (Wildman–Crippen MR) is 85.6 cm³/mol. The Bertz CT molecular complexity index is 688. The molecule has 2 amide bonds. The lowest BCUT2D eigenvalue weighted by atomic mass is 10.2. The first-order valence-electron chi connectivity index (χ1n) is 7.75. The number of carbonyl (C=O) groups excluding carboxylic acids is 1. The molecule has 0 radical (unpaired) electrons. The number of nitrogens with zero attached hydrogens (tertiary/aromatic N) is 5. The number of urea groups is 1. The standard InChI is InChI=1S/C15H23N7O/c1-11-7-16-14(18-11)10-21-4-5-22-13(9-21)6-12(19-22)8-17-15(23)20(2)3/h6-7H,4-5,8-10H2,1-3H3,(H,16,18)(H,17,23). The number of imidazole rings is 1. The molecule has 124 valence electrons. The second-order valence-electron chi connectivity index (χ2n) is 6.13. The molecule has 0 aliphatic carbocycles. The third-order valence-electron chi connectivity index (χ3n) is 3.88. The van der Waals surface area contributed by atoms with Crippen LogP contribution in [0, 0.1) is 6.92 Å². The zero-order chi connectivity index (χ0) is 16.4. The molecule has 8 nitrogen and oxygen atoms in total. The Hall–Kier alpha value is -2.35. The Morgan fingerprint density at radius 2 is 2.26 bits per heavy atom. The van der Waals surface area contributed by atoms with E-state index in [9.17, 15) is 4.79 Å². The van der Waals surface area contributed by atoms with Crippen LogP contribution < -0.4 is 5.32 Å². The molecule has 1 aliphatic heterocycles. The minimum Gasteiger partial charge on any atom is -0.345 e. The lowest BCUT2D eigenvalue weighted by molar-refractivity contribution is 0.201. The van der Waals surface area contributed by atoms with Gasteiger partial charge in [0.2, 0.25) is 0 Å². The van der Waals surface area contributed by atoms with Crippen molar-refractivity contribution < 1.29 is 4.79 Å². The van der Waals surface area contributed by atoms with E-state index in [1.54, 1.807) is 14.1 Å². The van der Waals surface area contributed by atoms with Gasteiger partial charge in [-0.2, -0.15) is 5.10 Å². The van der Waals surface area contributed by atoms with Gasteiger partial charge >= 0.3 is 6.03 Å². The summed E-state index contributed by atoms with van der Waals surface area (Å²) >= 11 is 0. The van der Waals surface area contributed by atoms with Crippen LogP contribution in [0.15, 0.2) is 12.3 Å². The highest BCUT2D eigenvalue weighted by Gasteiger charge is 2.19. The normalized spacial score (nSPS) is 14.6. The van der Waals surface area contributed by atoms with Crippen LogP contribution in [0.3, 0.4) is 0 Å². The van der Waals surface area contributed by atoms with Gasteiger partial charge in [-0.05, 0) is 13.0 Å². The van der Waals surface area contributed by atoms with E-state index in [1.807, 2.05) is 17.8 Å². The predicted octanol–water partition coefficient (Wildman–Crippen LogP) is 0.702. The van der Waals surface area contributed by atoms with Gasteiger partial charge in [0.1, 0.15) is 5.82 Å². The van der Waals surface area contributed by atoms with E-state index in [0.717, 1.165) is 43.4 Å². The number of amides is 2. The molecule has 3 heterocycles. The second kappa shape index (κ2) is 6.41. The molecule has 3 rings (SSSR count). The van der Waals surface area contributed by atoms with E-state index in [-0.39, 0.29) is 6.03 Å². The van der Waals surface area contributed by atoms with Crippen molar-refractivity contribution in [1.82, 2.24) is 34.9 Å². The third kappa shape index (κ3) is 3.70. The van der Waals surface area contributed by atoms with E-state index in [2.05, 4.69) is 31.3 Å². The summed E-state index contributed by atoms with van der Waals surface area (Å²) in [4.78, 5) is 23.1. The smallest absolute Gasteiger partial charge is 0.317 e. The second-order valence-corrected chi connectivity index (χ2v) is 6.13.